The van der Waals surface area contributed by atoms with Crippen LogP contribution in [0.15, 0.2) is 0 Å². The average molecular weight is 241 g/mol. The van der Waals surface area contributed by atoms with Gasteiger partial charge in [0.2, 0.25) is 0 Å². The van der Waals surface area contributed by atoms with Gasteiger partial charge in [-0.05, 0) is 27.8 Å². The Morgan fingerprint density at radius 2 is 2.00 bits per heavy atom. The van der Waals surface area contributed by atoms with Crippen molar-refractivity contribution in [2.24, 2.45) is 0 Å². The lowest BCUT2D eigenvalue weighted by molar-refractivity contribution is -0.0639. The maximum atomic E-state index is 11.8. The van der Waals surface area contributed by atoms with Gasteiger partial charge in [-0.3, -0.25) is 4.90 Å². The number of hydrogen-bond donors (Lipinski definition) is 1. The zero-order chi connectivity index (χ0) is 12.7. The Bertz CT molecular complexity index is 305. The summed E-state index contributed by atoms with van der Waals surface area (Å²) in [6.45, 7) is 10.3. The van der Waals surface area contributed by atoms with Crippen LogP contribution in [0.1, 0.15) is 20.8 Å². The van der Waals surface area contributed by atoms with Gasteiger partial charge in [0.25, 0.3) is 0 Å². The van der Waals surface area contributed by atoms with E-state index in [0.717, 1.165) is 32.7 Å². The standard InChI is InChI=1S/C12H23N3O2/c1-11(2,3)17-10(16)15-8-12(9-15)7-13-5-6-14(12)4/h13H,5-9H2,1-4H3. The molecular formula is C12H23N3O2. The number of piperazine rings is 1. The molecule has 98 valence electrons. The van der Waals surface area contributed by atoms with Crippen molar-refractivity contribution in [3.05, 3.63) is 0 Å². The number of nitrogens with zero attached hydrogens (tertiary/aromatic N) is 2. The number of ether oxygens (including phenoxy) is 1. The Balaban J connectivity index is 1.87. The molecule has 1 spiro atoms. The second kappa shape index (κ2) is 4.14. The minimum atomic E-state index is -0.406. The van der Waals surface area contributed by atoms with Crippen LogP contribution in [0.3, 0.4) is 0 Å². The van der Waals surface area contributed by atoms with E-state index in [1.165, 1.54) is 0 Å². The third-order valence-electron chi connectivity index (χ3n) is 3.51. The molecule has 2 rings (SSSR count). The van der Waals surface area contributed by atoms with Crippen molar-refractivity contribution in [2.75, 3.05) is 39.8 Å². The molecule has 0 radical (unpaired) electrons. The van der Waals surface area contributed by atoms with Crippen LogP contribution < -0.4 is 5.32 Å². The van der Waals surface area contributed by atoms with Crippen molar-refractivity contribution in [2.45, 2.75) is 31.9 Å². The topological polar surface area (TPSA) is 44.8 Å². The van der Waals surface area contributed by atoms with Gasteiger partial charge in [-0.2, -0.15) is 0 Å². The number of likely N-dealkylation sites (N-methyl/N-ethyl adjacent to an activating group) is 1. The molecule has 5 heteroatoms. The second-order valence-electron chi connectivity index (χ2n) is 6.16. The van der Waals surface area contributed by atoms with Crippen molar-refractivity contribution < 1.29 is 9.53 Å². The van der Waals surface area contributed by atoms with E-state index >= 15 is 0 Å². The number of rotatable bonds is 0. The first-order valence-corrected chi connectivity index (χ1v) is 6.22. The van der Waals surface area contributed by atoms with E-state index in [9.17, 15) is 4.79 Å². The van der Waals surface area contributed by atoms with Gasteiger partial charge in [0.1, 0.15) is 5.60 Å². The zero-order valence-corrected chi connectivity index (χ0v) is 11.2. The molecule has 17 heavy (non-hydrogen) atoms. The van der Waals surface area contributed by atoms with Crippen LogP contribution in [0.2, 0.25) is 0 Å². The SMILES string of the molecule is CN1CCNCC12CN(C(=O)OC(C)(C)C)C2. The second-order valence-corrected chi connectivity index (χ2v) is 6.16. The molecule has 0 bridgehead atoms. The van der Waals surface area contributed by atoms with Crippen LogP contribution in [0.25, 0.3) is 0 Å². The molecule has 2 aliphatic rings. The Labute approximate surface area is 103 Å². The van der Waals surface area contributed by atoms with Crippen molar-refractivity contribution in [1.29, 1.82) is 0 Å². The van der Waals surface area contributed by atoms with E-state index in [1.807, 2.05) is 20.8 Å². The molecule has 0 aliphatic carbocycles. The fraction of sp³-hybridized carbons (Fsp3) is 0.917. The molecule has 1 amide bonds. The summed E-state index contributed by atoms with van der Waals surface area (Å²) in [7, 11) is 2.13. The summed E-state index contributed by atoms with van der Waals surface area (Å²) in [6.07, 6.45) is -0.193. The first kappa shape index (κ1) is 12.6. The summed E-state index contributed by atoms with van der Waals surface area (Å²) in [5.74, 6) is 0. The highest BCUT2D eigenvalue weighted by Crippen LogP contribution is 2.29. The van der Waals surface area contributed by atoms with E-state index in [2.05, 4.69) is 17.3 Å². The van der Waals surface area contributed by atoms with Gasteiger partial charge < -0.3 is 15.0 Å². The largest absolute Gasteiger partial charge is 0.444 e. The predicted molar refractivity (Wildman–Crippen MR) is 66.0 cm³/mol. The lowest BCUT2D eigenvalue weighted by Gasteiger charge is -2.56. The molecule has 2 saturated heterocycles. The summed E-state index contributed by atoms with van der Waals surface area (Å²) in [5.41, 5.74) is -0.272. The minimum Gasteiger partial charge on any atom is -0.444 e. The number of hydrogen-bond acceptors (Lipinski definition) is 4. The smallest absolute Gasteiger partial charge is 0.410 e. The van der Waals surface area contributed by atoms with Crippen LogP contribution in [-0.2, 0) is 4.74 Å². The molecular weight excluding hydrogens is 218 g/mol. The lowest BCUT2D eigenvalue weighted by Crippen LogP contribution is -2.76. The summed E-state index contributed by atoms with van der Waals surface area (Å²) in [4.78, 5) is 16.0. The van der Waals surface area contributed by atoms with Gasteiger partial charge >= 0.3 is 6.09 Å². The van der Waals surface area contributed by atoms with E-state index in [1.54, 1.807) is 4.90 Å². The fourth-order valence-corrected chi connectivity index (χ4v) is 2.41. The third kappa shape index (κ3) is 2.55. The molecule has 0 atom stereocenters. The highest BCUT2D eigenvalue weighted by atomic mass is 16.6. The van der Waals surface area contributed by atoms with Gasteiger partial charge in [-0.15, -0.1) is 0 Å². The number of nitrogens with one attached hydrogen (secondary N) is 1. The van der Waals surface area contributed by atoms with Gasteiger partial charge in [-0.25, -0.2) is 4.79 Å². The van der Waals surface area contributed by atoms with Crippen LogP contribution in [0.4, 0.5) is 4.79 Å². The van der Waals surface area contributed by atoms with Crippen molar-refractivity contribution in [3.8, 4) is 0 Å². The van der Waals surface area contributed by atoms with E-state index in [4.69, 9.17) is 4.74 Å². The maximum Gasteiger partial charge on any atom is 0.410 e. The lowest BCUT2D eigenvalue weighted by atomic mass is 9.87. The third-order valence-corrected chi connectivity index (χ3v) is 3.51. The zero-order valence-electron chi connectivity index (χ0n) is 11.2. The van der Waals surface area contributed by atoms with Crippen molar-refractivity contribution >= 4 is 6.09 Å². The predicted octanol–water partition coefficient (Wildman–Crippen LogP) is 0.511. The van der Waals surface area contributed by atoms with Crippen LogP contribution in [-0.4, -0.2) is 66.8 Å². The van der Waals surface area contributed by atoms with Crippen molar-refractivity contribution in [3.63, 3.8) is 0 Å². The van der Waals surface area contributed by atoms with Gasteiger partial charge in [0, 0.05) is 32.7 Å². The Morgan fingerprint density at radius 1 is 1.35 bits per heavy atom. The van der Waals surface area contributed by atoms with Crippen molar-refractivity contribution in [1.82, 2.24) is 15.1 Å². The summed E-state index contributed by atoms with van der Waals surface area (Å²) >= 11 is 0. The van der Waals surface area contributed by atoms with Crippen LogP contribution in [0.5, 0.6) is 0 Å². The van der Waals surface area contributed by atoms with E-state index in [0.29, 0.717) is 0 Å². The highest BCUT2D eigenvalue weighted by molar-refractivity contribution is 5.69. The Morgan fingerprint density at radius 3 is 2.53 bits per heavy atom. The number of likely N-dealkylation sites (tertiary alicyclic amines) is 1. The molecule has 2 aliphatic heterocycles. The van der Waals surface area contributed by atoms with E-state index in [-0.39, 0.29) is 11.6 Å². The molecule has 0 unspecified atom stereocenters. The van der Waals surface area contributed by atoms with Crippen LogP contribution in [0, 0.1) is 0 Å². The Kier molecular flexibility index (Phi) is 3.08. The normalized spacial score (nSPS) is 24.6. The average Bonchev–Trinajstić information content (AvgIpc) is 2.12. The first-order valence-electron chi connectivity index (χ1n) is 6.22. The fourth-order valence-electron chi connectivity index (χ4n) is 2.41. The minimum absolute atomic E-state index is 0.134. The summed E-state index contributed by atoms with van der Waals surface area (Å²) in [6, 6.07) is 0. The molecule has 0 aromatic carbocycles. The molecule has 1 N–H and O–H groups in total. The van der Waals surface area contributed by atoms with Gasteiger partial charge in [-0.1, -0.05) is 0 Å². The first-order chi connectivity index (χ1) is 7.82. The molecule has 0 aromatic heterocycles. The molecule has 0 saturated carbocycles. The molecule has 2 fully saturated rings. The van der Waals surface area contributed by atoms with Gasteiger partial charge in [0.05, 0.1) is 5.54 Å². The summed E-state index contributed by atoms with van der Waals surface area (Å²) in [5, 5.41) is 3.40. The molecule has 2 heterocycles. The maximum absolute atomic E-state index is 11.8. The number of carbonyl (C=O) groups excluding carboxylic acids is 1. The summed E-state index contributed by atoms with van der Waals surface area (Å²) < 4.78 is 5.36. The number of amides is 1. The van der Waals surface area contributed by atoms with Gasteiger partial charge in [0.15, 0.2) is 0 Å². The highest BCUT2D eigenvalue weighted by Gasteiger charge is 2.49. The van der Waals surface area contributed by atoms with Crippen LogP contribution >= 0.6 is 0 Å². The molecule has 0 aromatic rings. The molecule has 5 nitrogen and oxygen atoms in total. The quantitative estimate of drug-likeness (QED) is 0.671. The van der Waals surface area contributed by atoms with E-state index < -0.39 is 5.60 Å². The Hall–Kier alpha value is -0.810. The monoisotopic (exact) mass is 241 g/mol. The number of carbonyl (C=O) groups is 1.